The molecule has 0 saturated heterocycles. The molecular formula is C13H20BrN3O2. The molecule has 1 aromatic heterocycles. The number of anilines is 1. The Bertz CT molecular complexity index is 517. The van der Waals surface area contributed by atoms with Gasteiger partial charge in [0.15, 0.2) is 0 Å². The van der Waals surface area contributed by atoms with Crippen molar-refractivity contribution in [2.24, 2.45) is 13.0 Å². The Balaban J connectivity index is 2.06. The maximum atomic E-state index is 11.7. The molecule has 1 aliphatic carbocycles. The van der Waals surface area contributed by atoms with Crippen molar-refractivity contribution in [3.8, 4) is 0 Å². The summed E-state index contributed by atoms with van der Waals surface area (Å²) in [6.07, 6.45) is 5.44. The van der Waals surface area contributed by atoms with E-state index in [0.717, 1.165) is 19.3 Å². The molecule has 2 atom stereocenters. The minimum Gasteiger partial charge on any atom is -0.388 e. The molecule has 1 aromatic rings. The molecule has 0 aliphatic heterocycles. The molecule has 0 radical (unpaired) electrons. The molecule has 1 fully saturated rings. The molecule has 0 bridgehead atoms. The number of aliphatic hydroxyl groups is 1. The smallest absolute Gasteiger partial charge is 0.282 e. The number of hydrogen-bond donors (Lipinski definition) is 2. The molecule has 0 spiro atoms. The number of halogens is 1. The van der Waals surface area contributed by atoms with E-state index in [0.29, 0.717) is 22.6 Å². The Labute approximate surface area is 121 Å². The van der Waals surface area contributed by atoms with Gasteiger partial charge in [-0.3, -0.25) is 4.79 Å². The van der Waals surface area contributed by atoms with E-state index in [1.807, 2.05) is 0 Å². The second-order valence-electron chi connectivity index (χ2n) is 5.58. The molecule has 2 rings (SSSR count). The zero-order valence-corrected chi connectivity index (χ0v) is 12.9. The van der Waals surface area contributed by atoms with Gasteiger partial charge in [-0.1, -0.05) is 19.8 Å². The van der Waals surface area contributed by atoms with Gasteiger partial charge in [0.1, 0.15) is 4.47 Å². The highest BCUT2D eigenvalue weighted by Crippen LogP contribution is 2.32. The molecule has 6 heteroatoms. The van der Waals surface area contributed by atoms with Crippen LogP contribution in [0.25, 0.3) is 0 Å². The van der Waals surface area contributed by atoms with Gasteiger partial charge in [-0.25, -0.2) is 4.68 Å². The largest absolute Gasteiger partial charge is 0.388 e. The molecule has 106 valence electrons. The summed E-state index contributed by atoms with van der Waals surface area (Å²) in [6.45, 7) is 2.62. The van der Waals surface area contributed by atoms with E-state index in [4.69, 9.17) is 0 Å². The first kappa shape index (κ1) is 14.5. The summed E-state index contributed by atoms with van der Waals surface area (Å²) in [4.78, 5) is 11.7. The lowest BCUT2D eigenvalue weighted by atomic mass is 9.79. The standard InChI is InChI=1S/C13H20BrN3O2/c1-9-4-3-5-13(19,6-9)8-15-10-7-16-17(2)12(18)11(10)14/h7,9,15,19H,3-6,8H2,1-2H3. The summed E-state index contributed by atoms with van der Waals surface area (Å²) < 4.78 is 1.73. The first-order valence-electron chi connectivity index (χ1n) is 6.59. The lowest BCUT2D eigenvalue weighted by molar-refractivity contribution is -0.000780. The van der Waals surface area contributed by atoms with Gasteiger partial charge in [0.05, 0.1) is 17.5 Å². The van der Waals surface area contributed by atoms with Gasteiger partial charge >= 0.3 is 0 Å². The van der Waals surface area contributed by atoms with Crippen LogP contribution >= 0.6 is 15.9 Å². The average molecular weight is 330 g/mol. The molecule has 1 saturated carbocycles. The number of aryl methyl sites for hydroxylation is 1. The highest BCUT2D eigenvalue weighted by molar-refractivity contribution is 9.10. The Hall–Kier alpha value is -0.880. The predicted octanol–water partition coefficient (Wildman–Crippen LogP) is 1.90. The second kappa shape index (κ2) is 5.63. The van der Waals surface area contributed by atoms with Crippen molar-refractivity contribution in [3.63, 3.8) is 0 Å². The molecule has 2 N–H and O–H groups in total. The maximum absolute atomic E-state index is 11.7. The van der Waals surface area contributed by atoms with Gasteiger partial charge in [-0.05, 0) is 34.7 Å². The van der Waals surface area contributed by atoms with E-state index in [2.05, 4.69) is 33.3 Å². The monoisotopic (exact) mass is 329 g/mol. The number of aromatic nitrogens is 2. The van der Waals surface area contributed by atoms with Crippen molar-refractivity contribution in [2.45, 2.75) is 38.2 Å². The van der Waals surface area contributed by atoms with Crippen molar-refractivity contribution in [1.82, 2.24) is 9.78 Å². The Morgan fingerprint density at radius 2 is 2.42 bits per heavy atom. The number of nitrogens with zero attached hydrogens (tertiary/aromatic N) is 2. The van der Waals surface area contributed by atoms with Gasteiger partial charge in [0.25, 0.3) is 5.56 Å². The normalized spacial score (nSPS) is 27.3. The molecule has 1 heterocycles. The predicted molar refractivity (Wildman–Crippen MR) is 78.2 cm³/mol. The maximum Gasteiger partial charge on any atom is 0.282 e. The van der Waals surface area contributed by atoms with Gasteiger partial charge in [0.2, 0.25) is 0 Å². The molecule has 0 aromatic carbocycles. The molecular weight excluding hydrogens is 310 g/mol. The Morgan fingerprint density at radius 1 is 1.68 bits per heavy atom. The van der Waals surface area contributed by atoms with E-state index in [9.17, 15) is 9.90 Å². The minimum atomic E-state index is -0.682. The van der Waals surface area contributed by atoms with Crippen LogP contribution in [-0.4, -0.2) is 27.0 Å². The fraction of sp³-hybridized carbons (Fsp3) is 0.692. The number of nitrogens with one attached hydrogen (secondary N) is 1. The van der Waals surface area contributed by atoms with E-state index in [1.54, 1.807) is 13.2 Å². The summed E-state index contributed by atoms with van der Waals surface area (Å²) in [7, 11) is 1.60. The summed E-state index contributed by atoms with van der Waals surface area (Å²) in [5.41, 5.74) is -0.234. The summed E-state index contributed by atoms with van der Waals surface area (Å²) in [5, 5.41) is 17.6. The molecule has 19 heavy (non-hydrogen) atoms. The van der Waals surface area contributed by atoms with Crippen molar-refractivity contribution in [2.75, 3.05) is 11.9 Å². The van der Waals surface area contributed by atoms with Crippen LogP contribution in [0, 0.1) is 5.92 Å². The SMILES string of the molecule is CC1CCCC(O)(CNc2cnn(C)c(=O)c2Br)C1. The summed E-state index contributed by atoms with van der Waals surface area (Å²) >= 11 is 3.27. The van der Waals surface area contributed by atoms with Crippen LogP contribution in [0.5, 0.6) is 0 Å². The lowest BCUT2D eigenvalue weighted by Crippen LogP contribution is -2.41. The third-order valence-corrected chi connectivity index (χ3v) is 4.52. The van der Waals surface area contributed by atoms with E-state index < -0.39 is 5.60 Å². The van der Waals surface area contributed by atoms with E-state index in [1.165, 1.54) is 11.1 Å². The van der Waals surface area contributed by atoms with E-state index in [-0.39, 0.29) is 5.56 Å². The highest BCUT2D eigenvalue weighted by Gasteiger charge is 2.32. The third kappa shape index (κ3) is 3.36. The zero-order valence-electron chi connectivity index (χ0n) is 11.3. The molecule has 2 unspecified atom stereocenters. The van der Waals surface area contributed by atoms with Crippen LogP contribution in [0.2, 0.25) is 0 Å². The summed E-state index contributed by atoms with van der Waals surface area (Å²) in [6, 6.07) is 0. The van der Waals surface area contributed by atoms with Gasteiger partial charge in [-0.15, -0.1) is 0 Å². The fourth-order valence-corrected chi connectivity index (χ4v) is 3.19. The molecule has 1 aliphatic rings. The Kier molecular flexibility index (Phi) is 4.30. The highest BCUT2D eigenvalue weighted by atomic mass is 79.9. The topological polar surface area (TPSA) is 67.2 Å². The van der Waals surface area contributed by atoms with Crippen LogP contribution in [-0.2, 0) is 7.05 Å². The molecule has 0 amide bonds. The van der Waals surface area contributed by atoms with Crippen molar-refractivity contribution < 1.29 is 5.11 Å². The quantitative estimate of drug-likeness (QED) is 0.888. The zero-order chi connectivity index (χ0) is 14.0. The van der Waals surface area contributed by atoms with Crippen LogP contribution < -0.4 is 10.9 Å². The molecule has 5 nitrogen and oxygen atoms in total. The summed E-state index contributed by atoms with van der Waals surface area (Å²) in [5.74, 6) is 0.547. The second-order valence-corrected chi connectivity index (χ2v) is 6.37. The van der Waals surface area contributed by atoms with Crippen molar-refractivity contribution in [3.05, 3.63) is 21.0 Å². The third-order valence-electron chi connectivity index (χ3n) is 3.75. The van der Waals surface area contributed by atoms with Crippen molar-refractivity contribution in [1.29, 1.82) is 0 Å². The van der Waals surface area contributed by atoms with Crippen LogP contribution in [0.1, 0.15) is 32.6 Å². The first-order chi connectivity index (χ1) is 8.91. The van der Waals surface area contributed by atoms with Gasteiger partial charge < -0.3 is 10.4 Å². The van der Waals surface area contributed by atoms with Crippen LogP contribution in [0.3, 0.4) is 0 Å². The average Bonchev–Trinajstić information content (AvgIpc) is 2.35. The van der Waals surface area contributed by atoms with Crippen LogP contribution in [0.4, 0.5) is 5.69 Å². The number of rotatable bonds is 3. The first-order valence-corrected chi connectivity index (χ1v) is 7.39. The number of hydrogen-bond acceptors (Lipinski definition) is 4. The van der Waals surface area contributed by atoms with Crippen LogP contribution in [0.15, 0.2) is 15.5 Å². The van der Waals surface area contributed by atoms with Gasteiger partial charge in [-0.2, -0.15) is 5.10 Å². The van der Waals surface area contributed by atoms with E-state index >= 15 is 0 Å². The lowest BCUT2D eigenvalue weighted by Gasteiger charge is -2.35. The Morgan fingerprint density at radius 3 is 3.11 bits per heavy atom. The minimum absolute atomic E-state index is 0.186. The van der Waals surface area contributed by atoms with Gasteiger partial charge in [0, 0.05) is 13.6 Å². The van der Waals surface area contributed by atoms with Crippen molar-refractivity contribution >= 4 is 21.6 Å². The fourth-order valence-electron chi connectivity index (χ4n) is 2.69.